The molecule has 3 rings (SSSR count). The number of aromatic nitrogens is 2. The van der Waals surface area contributed by atoms with Crippen molar-refractivity contribution in [1.29, 1.82) is 0 Å². The van der Waals surface area contributed by atoms with Crippen LogP contribution in [0.1, 0.15) is 22.5 Å². The standard InChI is InChI=1S/C20H20Cl2N4O/c1-12-6-4-5-7-15(12)11-26-14(3)19(13(2)25-26)24-20(27)23-18-9-8-16(21)10-17(18)22/h4-10H,11H2,1-3H3,(H2,23,24,27). The highest BCUT2D eigenvalue weighted by atomic mass is 35.5. The molecule has 0 bridgehead atoms. The molecule has 2 N–H and O–H groups in total. The van der Waals surface area contributed by atoms with E-state index in [-0.39, 0.29) is 6.03 Å². The summed E-state index contributed by atoms with van der Waals surface area (Å²) >= 11 is 12.0. The zero-order valence-electron chi connectivity index (χ0n) is 15.3. The second kappa shape index (κ2) is 8.03. The molecule has 0 atom stereocenters. The van der Waals surface area contributed by atoms with E-state index < -0.39 is 0 Å². The molecule has 0 saturated heterocycles. The third-order valence-electron chi connectivity index (χ3n) is 4.38. The van der Waals surface area contributed by atoms with Crippen LogP contribution in [0.3, 0.4) is 0 Å². The van der Waals surface area contributed by atoms with Crippen molar-refractivity contribution in [3.63, 3.8) is 0 Å². The number of hydrogen-bond donors (Lipinski definition) is 2. The minimum atomic E-state index is -0.388. The van der Waals surface area contributed by atoms with Crippen LogP contribution in [0.15, 0.2) is 42.5 Å². The molecular formula is C20H20Cl2N4O. The van der Waals surface area contributed by atoms with Gasteiger partial charge in [0.05, 0.1) is 34.3 Å². The Morgan fingerprint density at radius 3 is 2.52 bits per heavy atom. The lowest BCUT2D eigenvalue weighted by molar-refractivity contribution is 0.262. The summed E-state index contributed by atoms with van der Waals surface area (Å²) in [5.41, 5.74) is 5.20. The summed E-state index contributed by atoms with van der Waals surface area (Å²) in [6.07, 6.45) is 0. The Morgan fingerprint density at radius 1 is 1.07 bits per heavy atom. The third-order valence-corrected chi connectivity index (χ3v) is 4.93. The molecule has 0 unspecified atom stereocenters. The van der Waals surface area contributed by atoms with E-state index >= 15 is 0 Å². The number of rotatable bonds is 4. The highest BCUT2D eigenvalue weighted by molar-refractivity contribution is 6.36. The number of amides is 2. The number of hydrogen-bond acceptors (Lipinski definition) is 2. The average molecular weight is 403 g/mol. The van der Waals surface area contributed by atoms with Gasteiger partial charge < -0.3 is 10.6 Å². The molecule has 0 saturated carbocycles. The summed E-state index contributed by atoms with van der Waals surface area (Å²) in [5.74, 6) is 0. The number of carbonyl (C=O) groups is 1. The first-order valence-corrected chi connectivity index (χ1v) is 9.22. The van der Waals surface area contributed by atoms with E-state index in [1.54, 1.807) is 18.2 Å². The lowest BCUT2D eigenvalue weighted by atomic mass is 10.1. The fourth-order valence-corrected chi connectivity index (χ4v) is 3.29. The van der Waals surface area contributed by atoms with Crippen molar-refractivity contribution >= 4 is 40.6 Å². The summed E-state index contributed by atoms with van der Waals surface area (Å²) in [7, 11) is 0. The van der Waals surface area contributed by atoms with Crippen LogP contribution in [0.5, 0.6) is 0 Å². The molecule has 3 aromatic rings. The lowest BCUT2D eigenvalue weighted by Crippen LogP contribution is -2.20. The van der Waals surface area contributed by atoms with Gasteiger partial charge >= 0.3 is 6.03 Å². The molecule has 0 radical (unpaired) electrons. The molecule has 0 aliphatic heterocycles. The normalized spacial score (nSPS) is 10.7. The second-order valence-electron chi connectivity index (χ2n) is 6.33. The zero-order chi connectivity index (χ0) is 19.6. The molecule has 2 aromatic carbocycles. The molecule has 5 nitrogen and oxygen atoms in total. The van der Waals surface area contributed by atoms with Gasteiger partial charge in [0.1, 0.15) is 0 Å². The summed E-state index contributed by atoms with van der Waals surface area (Å²) in [6.45, 7) is 6.52. The maximum Gasteiger partial charge on any atom is 0.323 e. The fourth-order valence-electron chi connectivity index (χ4n) is 2.84. The van der Waals surface area contributed by atoms with Gasteiger partial charge in [-0.1, -0.05) is 47.5 Å². The zero-order valence-corrected chi connectivity index (χ0v) is 16.8. The Bertz CT molecular complexity index is 998. The maximum absolute atomic E-state index is 12.4. The monoisotopic (exact) mass is 402 g/mol. The van der Waals surface area contributed by atoms with Crippen molar-refractivity contribution in [2.45, 2.75) is 27.3 Å². The van der Waals surface area contributed by atoms with Crippen molar-refractivity contribution < 1.29 is 4.79 Å². The van der Waals surface area contributed by atoms with Crippen LogP contribution >= 0.6 is 23.2 Å². The Balaban J connectivity index is 1.76. The number of halogens is 2. The number of aryl methyl sites for hydroxylation is 2. The van der Waals surface area contributed by atoms with Gasteiger partial charge in [-0.05, 0) is 50.1 Å². The lowest BCUT2D eigenvalue weighted by Gasteiger charge is -2.10. The molecule has 1 aromatic heterocycles. The van der Waals surface area contributed by atoms with Crippen LogP contribution in [0.2, 0.25) is 10.0 Å². The summed E-state index contributed by atoms with van der Waals surface area (Å²) in [6, 6.07) is 12.7. The first kappa shape index (κ1) is 19.3. The molecule has 140 valence electrons. The van der Waals surface area contributed by atoms with Gasteiger partial charge in [0.15, 0.2) is 0 Å². The van der Waals surface area contributed by atoms with Crippen molar-refractivity contribution in [2.24, 2.45) is 0 Å². The van der Waals surface area contributed by atoms with E-state index in [1.165, 1.54) is 11.1 Å². The van der Waals surface area contributed by atoms with Crippen molar-refractivity contribution in [3.8, 4) is 0 Å². The van der Waals surface area contributed by atoms with Gasteiger partial charge in [-0.15, -0.1) is 0 Å². The molecule has 2 amide bonds. The summed E-state index contributed by atoms with van der Waals surface area (Å²) in [5, 5.41) is 11.0. The fraction of sp³-hybridized carbons (Fsp3) is 0.200. The van der Waals surface area contributed by atoms with Crippen LogP contribution < -0.4 is 10.6 Å². The second-order valence-corrected chi connectivity index (χ2v) is 7.18. The van der Waals surface area contributed by atoms with E-state index in [4.69, 9.17) is 23.2 Å². The Hall–Kier alpha value is -2.50. The van der Waals surface area contributed by atoms with Gasteiger partial charge in [0, 0.05) is 5.02 Å². The Kier molecular flexibility index (Phi) is 5.73. The molecule has 0 aliphatic rings. The maximum atomic E-state index is 12.4. The predicted molar refractivity (Wildman–Crippen MR) is 111 cm³/mol. The molecule has 7 heteroatoms. The molecule has 0 spiro atoms. The predicted octanol–water partition coefficient (Wildman–Crippen LogP) is 5.81. The topological polar surface area (TPSA) is 59.0 Å². The Morgan fingerprint density at radius 2 is 1.81 bits per heavy atom. The van der Waals surface area contributed by atoms with Crippen molar-refractivity contribution in [3.05, 3.63) is 75.0 Å². The van der Waals surface area contributed by atoms with Gasteiger partial charge in [-0.3, -0.25) is 4.68 Å². The quantitative estimate of drug-likeness (QED) is 0.578. The van der Waals surface area contributed by atoms with Crippen molar-refractivity contribution in [1.82, 2.24) is 9.78 Å². The third kappa shape index (κ3) is 4.43. The summed E-state index contributed by atoms with van der Waals surface area (Å²) in [4.78, 5) is 12.4. The number of anilines is 2. The van der Waals surface area contributed by atoms with Gasteiger partial charge in [-0.25, -0.2) is 4.79 Å². The van der Waals surface area contributed by atoms with E-state index in [2.05, 4.69) is 34.8 Å². The molecule has 0 aliphatic carbocycles. The largest absolute Gasteiger partial charge is 0.323 e. The van der Waals surface area contributed by atoms with E-state index in [0.717, 1.165) is 11.4 Å². The summed E-state index contributed by atoms with van der Waals surface area (Å²) < 4.78 is 1.89. The number of nitrogens with zero attached hydrogens (tertiary/aromatic N) is 2. The smallest absolute Gasteiger partial charge is 0.306 e. The molecule has 1 heterocycles. The van der Waals surface area contributed by atoms with Crippen LogP contribution in [0.25, 0.3) is 0 Å². The number of carbonyl (C=O) groups excluding carboxylic acids is 1. The number of nitrogens with one attached hydrogen (secondary N) is 2. The highest BCUT2D eigenvalue weighted by Crippen LogP contribution is 2.26. The van der Waals surface area contributed by atoms with E-state index in [0.29, 0.717) is 28.0 Å². The minimum Gasteiger partial charge on any atom is -0.306 e. The van der Waals surface area contributed by atoms with Crippen LogP contribution in [-0.4, -0.2) is 15.8 Å². The SMILES string of the molecule is Cc1ccccc1Cn1nc(C)c(NC(=O)Nc2ccc(Cl)cc2Cl)c1C. The molecule has 27 heavy (non-hydrogen) atoms. The van der Waals surface area contributed by atoms with Crippen LogP contribution in [0.4, 0.5) is 16.2 Å². The van der Waals surface area contributed by atoms with E-state index in [1.807, 2.05) is 30.7 Å². The highest BCUT2D eigenvalue weighted by Gasteiger charge is 2.15. The van der Waals surface area contributed by atoms with E-state index in [9.17, 15) is 4.79 Å². The first-order chi connectivity index (χ1) is 12.8. The molecule has 0 fully saturated rings. The first-order valence-electron chi connectivity index (χ1n) is 8.46. The van der Waals surface area contributed by atoms with Crippen LogP contribution in [0, 0.1) is 20.8 Å². The number of benzene rings is 2. The van der Waals surface area contributed by atoms with Crippen LogP contribution in [-0.2, 0) is 6.54 Å². The Labute approximate surface area is 168 Å². The van der Waals surface area contributed by atoms with Gasteiger partial charge in [0.25, 0.3) is 0 Å². The van der Waals surface area contributed by atoms with Gasteiger partial charge in [-0.2, -0.15) is 5.10 Å². The molecular weight excluding hydrogens is 383 g/mol. The van der Waals surface area contributed by atoms with Gasteiger partial charge in [0.2, 0.25) is 0 Å². The van der Waals surface area contributed by atoms with Crippen molar-refractivity contribution in [2.75, 3.05) is 10.6 Å². The minimum absolute atomic E-state index is 0.376. The number of urea groups is 1. The average Bonchev–Trinajstić information content (AvgIpc) is 2.87.